The lowest BCUT2D eigenvalue weighted by molar-refractivity contribution is -0.140. The standard InChI is InChI=1S/C31H24ClNO3S2/c1-20(34)36-33-28(8-5-17-37-25-13-11-24(32)12-14-25)22-9-15-29-26(18-22)27-19-23(10-16-30(27)38-29)31(35)21-6-3-2-4-7-21/h2-4,6-7,9-16,18-19H,5,8,17H2,1H3. The first-order valence-corrected chi connectivity index (χ1v) is 14.4. The molecule has 0 aliphatic heterocycles. The Bertz CT molecular complexity index is 1640. The van der Waals surface area contributed by atoms with E-state index in [0.29, 0.717) is 17.5 Å². The molecule has 0 fully saturated rings. The minimum absolute atomic E-state index is 0.00157. The number of thioether (sulfide) groups is 1. The molecule has 190 valence electrons. The number of halogens is 1. The zero-order valence-electron chi connectivity index (χ0n) is 20.6. The van der Waals surface area contributed by atoms with Crippen LogP contribution < -0.4 is 0 Å². The first kappa shape index (κ1) is 26.2. The SMILES string of the molecule is CC(=O)ON=C(CCCSc1ccc(Cl)cc1)c1ccc2sc3ccc(C(=O)c4ccccc4)cc3c2c1. The Morgan fingerprint density at radius 2 is 1.50 bits per heavy atom. The van der Waals surface area contributed by atoms with Crippen LogP contribution in [-0.2, 0) is 9.63 Å². The van der Waals surface area contributed by atoms with Crippen molar-refractivity contribution in [1.82, 2.24) is 0 Å². The normalized spacial score (nSPS) is 11.7. The molecule has 0 saturated heterocycles. The predicted octanol–water partition coefficient (Wildman–Crippen LogP) is 8.78. The second kappa shape index (κ2) is 11.9. The zero-order valence-corrected chi connectivity index (χ0v) is 23.0. The summed E-state index contributed by atoms with van der Waals surface area (Å²) in [7, 11) is 0. The minimum Gasteiger partial charge on any atom is -0.318 e. The summed E-state index contributed by atoms with van der Waals surface area (Å²) < 4.78 is 2.23. The quantitative estimate of drug-likeness (QED) is 0.0454. The smallest absolute Gasteiger partial charge is 0.318 e. The van der Waals surface area contributed by atoms with Gasteiger partial charge in [-0.25, -0.2) is 4.79 Å². The van der Waals surface area contributed by atoms with Gasteiger partial charge in [0.1, 0.15) is 0 Å². The van der Waals surface area contributed by atoms with Gasteiger partial charge in [0.05, 0.1) is 5.71 Å². The topological polar surface area (TPSA) is 55.7 Å². The Balaban J connectivity index is 1.41. The lowest BCUT2D eigenvalue weighted by Crippen LogP contribution is -2.05. The van der Waals surface area contributed by atoms with Crippen molar-refractivity contribution in [1.29, 1.82) is 0 Å². The van der Waals surface area contributed by atoms with E-state index in [1.165, 1.54) is 6.92 Å². The van der Waals surface area contributed by atoms with E-state index in [0.717, 1.165) is 53.5 Å². The second-order valence-corrected chi connectivity index (χ2v) is 11.4. The Morgan fingerprint density at radius 1 is 0.842 bits per heavy atom. The predicted molar refractivity (Wildman–Crippen MR) is 159 cm³/mol. The van der Waals surface area contributed by atoms with Crippen molar-refractivity contribution in [2.45, 2.75) is 24.7 Å². The highest BCUT2D eigenvalue weighted by Crippen LogP contribution is 2.36. The lowest BCUT2D eigenvalue weighted by atomic mass is 9.99. The first-order valence-electron chi connectivity index (χ1n) is 12.2. The molecule has 0 amide bonds. The molecular weight excluding hydrogens is 534 g/mol. The summed E-state index contributed by atoms with van der Waals surface area (Å²) in [5.74, 6) is 0.428. The van der Waals surface area contributed by atoms with E-state index >= 15 is 0 Å². The number of oxime groups is 1. The summed E-state index contributed by atoms with van der Waals surface area (Å²) in [6, 6.07) is 29.1. The summed E-state index contributed by atoms with van der Waals surface area (Å²) in [6.07, 6.45) is 1.50. The van der Waals surface area contributed by atoms with Crippen LogP contribution in [0.3, 0.4) is 0 Å². The second-order valence-electron chi connectivity index (χ2n) is 8.75. The van der Waals surface area contributed by atoms with Gasteiger partial charge in [-0.1, -0.05) is 53.2 Å². The van der Waals surface area contributed by atoms with Crippen molar-refractivity contribution < 1.29 is 14.4 Å². The van der Waals surface area contributed by atoms with E-state index in [9.17, 15) is 9.59 Å². The van der Waals surface area contributed by atoms with Gasteiger partial charge in [0, 0.05) is 53.7 Å². The molecule has 0 spiro atoms. The zero-order chi connectivity index (χ0) is 26.5. The van der Waals surface area contributed by atoms with Gasteiger partial charge in [-0.15, -0.1) is 23.1 Å². The fourth-order valence-electron chi connectivity index (χ4n) is 4.18. The third kappa shape index (κ3) is 6.16. The van der Waals surface area contributed by atoms with Crippen molar-refractivity contribution in [3.8, 4) is 0 Å². The van der Waals surface area contributed by atoms with Gasteiger partial charge >= 0.3 is 5.97 Å². The van der Waals surface area contributed by atoms with E-state index in [1.807, 2.05) is 78.9 Å². The molecule has 0 saturated carbocycles. The molecule has 0 aliphatic rings. The van der Waals surface area contributed by atoms with Crippen molar-refractivity contribution >= 4 is 72.3 Å². The van der Waals surface area contributed by atoms with Gasteiger partial charge in [-0.2, -0.15) is 0 Å². The van der Waals surface area contributed by atoms with Crippen molar-refractivity contribution in [3.63, 3.8) is 0 Å². The highest BCUT2D eigenvalue weighted by molar-refractivity contribution is 7.99. The first-order chi connectivity index (χ1) is 18.5. The number of carbonyl (C=O) groups is 2. The van der Waals surface area contributed by atoms with Crippen LogP contribution in [0.5, 0.6) is 0 Å². The van der Waals surface area contributed by atoms with Crippen LogP contribution in [0.2, 0.25) is 5.02 Å². The molecule has 38 heavy (non-hydrogen) atoms. The third-order valence-corrected chi connectivity index (χ3v) is 8.53. The molecule has 1 aromatic heterocycles. The number of rotatable bonds is 9. The van der Waals surface area contributed by atoms with E-state index < -0.39 is 5.97 Å². The summed E-state index contributed by atoms with van der Waals surface area (Å²) >= 11 is 9.42. The fourth-order valence-corrected chi connectivity index (χ4v) is 6.22. The average molecular weight is 558 g/mol. The molecule has 5 aromatic rings. The maximum atomic E-state index is 13.1. The highest BCUT2D eigenvalue weighted by Gasteiger charge is 2.14. The summed E-state index contributed by atoms with van der Waals surface area (Å²) in [6.45, 7) is 1.35. The van der Waals surface area contributed by atoms with Crippen LogP contribution >= 0.6 is 34.7 Å². The van der Waals surface area contributed by atoms with Crippen LogP contribution in [0, 0.1) is 0 Å². The van der Waals surface area contributed by atoms with Gasteiger partial charge < -0.3 is 4.84 Å². The molecule has 7 heteroatoms. The maximum absolute atomic E-state index is 13.1. The number of benzene rings is 4. The Hall–Kier alpha value is -3.45. The van der Waals surface area contributed by atoms with E-state index in [-0.39, 0.29) is 5.78 Å². The monoisotopic (exact) mass is 557 g/mol. The fraction of sp³-hybridized carbons (Fsp3) is 0.129. The molecular formula is C31H24ClNO3S2. The number of hydrogen-bond donors (Lipinski definition) is 0. The molecule has 0 N–H and O–H groups in total. The van der Waals surface area contributed by atoms with Crippen LogP contribution in [0.1, 0.15) is 41.3 Å². The molecule has 0 atom stereocenters. The van der Waals surface area contributed by atoms with Gasteiger partial charge in [0.25, 0.3) is 0 Å². The van der Waals surface area contributed by atoms with Gasteiger partial charge in [0.2, 0.25) is 0 Å². The van der Waals surface area contributed by atoms with Crippen LogP contribution in [0.4, 0.5) is 0 Å². The van der Waals surface area contributed by atoms with E-state index in [4.69, 9.17) is 16.4 Å². The van der Waals surface area contributed by atoms with Crippen LogP contribution in [0.15, 0.2) is 101 Å². The van der Waals surface area contributed by atoms with Gasteiger partial charge in [-0.05, 0) is 73.2 Å². The van der Waals surface area contributed by atoms with Crippen molar-refractivity contribution in [2.75, 3.05) is 5.75 Å². The largest absolute Gasteiger partial charge is 0.331 e. The number of ketones is 1. The number of nitrogens with zero attached hydrogens (tertiary/aromatic N) is 1. The summed E-state index contributed by atoms with van der Waals surface area (Å²) in [5.41, 5.74) is 2.94. The molecule has 4 aromatic carbocycles. The Labute approximate surface area is 234 Å². The molecule has 0 unspecified atom stereocenters. The lowest BCUT2D eigenvalue weighted by Gasteiger charge is -2.07. The highest BCUT2D eigenvalue weighted by atomic mass is 35.5. The molecule has 5 rings (SSSR count). The summed E-state index contributed by atoms with van der Waals surface area (Å²) in [4.78, 5) is 30.8. The number of fused-ring (bicyclic) bond motifs is 3. The number of carbonyl (C=O) groups excluding carboxylic acids is 2. The molecule has 0 bridgehead atoms. The van der Waals surface area contributed by atoms with Crippen LogP contribution in [-0.4, -0.2) is 23.2 Å². The van der Waals surface area contributed by atoms with E-state index in [1.54, 1.807) is 23.1 Å². The molecule has 0 radical (unpaired) electrons. The summed E-state index contributed by atoms with van der Waals surface area (Å²) in [5, 5.41) is 7.00. The van der Waals surface area contributed by atoms with Crippen LogP contribution in [0.25, 0.3) is 20.2 Å². The third-order valence-electron chi connectivity index (χ3n) is 6.03. The molecule has 0 aliphatic carbocycles. The Morgan fingerprint density at radius 3 is 2.18 bits per heavy atom. The van der Waals surface area contributed by atoms with Gasteiger partial charge in [0.15, 0.2) is 5.78 Å². The Kier molecular flexibility index (Phi) is 8.23. The molecule has 4 nitrogen and oxygen atoms in total. The number of hydrogen-bond acceptors (Lipinski definition) is 6. The van der Waals surface area contributed by atoms with E-state index in [2.05, 4.69) is 17.3 Å². The van der Waals surface area contributed by atoms with Crippen molar-refractivity contribution in [3.05, 3.63) is 113 Å². The van der Waals surface area contributed by atoms with Crippen molar-refractivity contribution in [2.24, 2.45) is 5.16 Å². The maximum Gasteiger partial charge on any atom is 0.331 e. The molecule has 1 heterocycles. The number of thiophene rings is 1. The minimum atomic E-state index is -0.454. The van der Waals surface area contributed by atoms with Gasteiger partial charge in [-0.3, -0.25) is 4.79 Å². The average Bonchev–Trinajstić information content (AvgIpc) is 3.30.